The fourth-order valence-corrected chi connectivity index (χ4v) is 5.34. The second kappa shape index (κ2) is 9.87. The van der Waals surface area contributed by atoms with Crippen LogP contribution < -0.4 is 10.6 Å². The summed E-state index contributed by atoms with van der Waals surface area (Å²) in [4.78, 5) is 31.0. The normalized spacial score (nSPS) is 26.8. The monoisotopic (exact) mass is 562 g/mol. The average molecular weight is 563 g/mol. The number of benzene rings is 1. The number of guanidine groups is 1. The van der Waals surface area contributed by atoms with Gasteiger partial charge in [0.25, 0.3) is 0 Å². The third-order valence-corrected chi connectivity index (χ3v) is 6.48. The summed E-state index contributed by atoms with van der Waals surface area (Å²) in [6.45, 7) is 1.47. The Labute approximate surface area is 203 Å². The van der Waals surface area contributed by atoms with Crippen molar-refractivity contribution in [3.05, 3.63) is 46.0 Å². The summed E-state index contributed by atoms with van der Waals surface area (Å²) < 4.78 is 0. The molecule has 3 aliphatic rings. The number of imide groups is 1. The van der Waals surface area contributed by atoms with Crippen LogP contribution in [0.3, 0.4) is 0 Å². The number of nitrogens with zero attached hydrogens (tertiary/aromatic N) is 2. The van der Waals surface area contributed by atoms with E-state index in [2.05, 4.69) is 27.8 Å². The summed E-state index contributed by atoms with van der Waals surface area (Å²) in [5.41, 5.74) is 1.04. The van der Waals surface area contributed by atoms with Crippen molar-refractivity contribution in [2.75, 3.05) is 26.7 Å². The van der Waals surface area contributed by atoms with Crippen molar-refractivity contribution in [3.63, 3.8) is 0 Å². The zero-order valence-corrected chi connectivity index (χ0v) is 20.4. The average Bonchev–Trinajstić information content (AvgIpc) is 3.35. The summed E-state index contributed by atoms with van der Waals surface area (Å²) in [6.07, 6.45) is 5.91. The molecule has 0 radical (unpaired) electrons. The lowest BCUT2D eigenvalue weighted by Crippen LogP contribution is -2.44. The zero-order chi connectivity index (χ0) is 20.5. The number of nitrogens with one attached hydrogen (secondary N) is 2. The number of rotatable bonds is 6. The molecule has 2 amide bonds. The van der Waals surface area contributed by atoms with Gasteiger partial charge in [0, 0.05) is 36.7 Å². The highest BCUT2D eigenvalue weighted by Gasteiger charge is 2.58. The van der Waals surface area contributed by atoms with Crippen molar-refractivity contribution in [1.29, 1.82) is 0 Å². The number of likely N-dealkylation sites (tertiary alicyclic amines) is 1. The van der Waals surface area contributed by atoms with Gasteiger partial charge < -0.3 is 10.6 Å². The van der Waals surface area contributed by atoms with Crippen molar-refractivity contribution in [1.82, 2.24) is 15.5 Å². The number of carbonyl (C=O) groups is 2. The third-order valence-electron chi connectivity index (χ3n) is 6.04. The molecule has 4 rings (SSSR count). The smallest absolute Gasteiger partial charge is 0.233 e. The molecule has 6 nitrogen and oxygen atoms in total. The first-order chi connectivity index (χ1) is 14.0. The topological polar surface area (TPSA) is 73.8 Å². The minimum Gasteiger partial charge on any atom is -0.356 e. The molecule has 2 aliphatic carbocycles. The number of hydrogen-bond donors (Lipinski definition) is 2. The summed E-state index contributed by atoms with van der Waals surface area (Å²) >= 11 is 12.1. The molecule has 1 saturated heterocycles. The third kappa shape index (κ3) is 4.62. The van der Waals surface area contributed by atoms with Gasteiger partial charge in [-0.25, -0.2) is 0 Å². The molecule has 9 heteroatoms. The molecule has 1 aromatic carbocycles. The number of amides is 2. The quantitative estimate of drug-likeness (QED) is 0.184. The van der Waals surface area contributed by atoms with Gasteiger partial charge in [-0.1, -0.05) is 35.4 Å². The highest BCUT2D eigenvalue weighted by molar-refractivity contribution is 14.0. The van der Waals surface area contributed by atoms with Crippen LogP contribution in [0.25, 0.3) is 0 Å². The minimum absolute atomic E-state index is 0. The summed E-state index contributed by atoms with van der Waals surface area (Å²) in [7, 11) is 1.69. The number of aliphatic imine (C=N–C) groups is 1. The molecule has 30 heavy (non-hydrogen) atoms. The van der Waals surface area contributed by atoms with E-state index in [1.54, 1.807) is 13.1 Å². The van der Waals surface area contributed by atoms with Gasteiger partial charge in [-0.05, 0) is 48.4 Å². The van der Waals surface area contributed by atoms with Crippen LogP contribution in [0.4, 0.5) is 0 Å². The van der Waals surface area contributed by atoms with Crippen LogP contribution in [0.1, 0.15) is 12.0 Å². The van der Waals surface area contributed by atoms with Gasteiger partial charge in [-0.2, -0.15) is 0 Å². The number of fused-ring (bicyclic) bond motifs is 5. The SMILES string of the molecule is CN=C(NCCc1cc(Cl)cc(Cl)c1)NCCN1C(=O)C2C3C=CC(C3)C2C1=O.I. The second-order valence-electron chi connectivity index (χ2n) is 7.78. The molecule has 1 aromatic rings. The van der Waals surface area contributed by atoms with Gasteiger partial charge in [-0.15, -0.1) is 24.0 Å². The van der Waals surface area contributed by atoms with E-state index in [4.69, 9.17) is 23.2 Å². The van der Waals surface area contributed by atoms with Crippen molar-refractivity contribution >= 4 is 65.0 Å². The van der Waals surface area contributed by atoms with Crippen LogP contribution in [-0.2, 0) is 16.0 Å². The Morgan fingerprint density at radius 1 is 1.03 bits per heavy atom. The Hall–Kier alpha value is -1.32. The number of halogens is 3. The molecular formula is C21H25Cl2IN4O2. The van der Waals surface area contributed by atoms with Crippen molar-refractivity contribution < 1.29 is 9.59 Å². The Kier molecular flexibility index (Phi) is 7.68. The lowest BCUT2D eigenvalue weighted by Gasteiger charge is -2.18. The van der Waals surface area contributed by atoms with Crippen LogP contribution in [0, 0.1) is 23.7 Å². The van der Waals surface area contributed by atoms with Crippen LogP contribution in [-0.4, -0.2) is 49.4 Å². The molecule has 1 saturated carbocycles. The molecule has 0 spiro atoms. The standard InChI is InChI=1S/C21H24Cl2N4O2.HI/c1-24-21(25-5-4-12-8-15(22)11-16(23)9-12)26-6-7-27-19(28)17-13-2-3-14(10-13)18(17)20(27)29;/h2-3,8-9,11,13-14,17-18H,4-7,10H2,1H3,(H2,24,25,26);1H. The molecule has 4 unspecified atom stereocenters. The van der Waals surface area contributed by atoms with Crippen LogP contribution in [0.5, 0.6) is 0 Å². The van der Waals surface area contributed by atoms with Gasteiger partial charge >= 0.3 is 0 Å². The lowest BCUT2D eigenvalue weighted by molar-refractivity contribution is -0.140. The van der Waals surface area contributed by atoms with E-state index >= 15 is 0 Å². The van der Waals surface area contributed by atoms with Crippen molar-refractivity contribution in [2.45, 2.75) is 12.8 Å². The molecular weight excluding hydrogens is 538 g/mol. The van der Waals surface area contributed by atoms with Gasteiger partial charge in [0.15, 0.2) is 5.96 Å². The van der Waals surface area contributed by atoms with Gasteiger partial charge in [0.2, 0.25) is 11.8 Å². The van der Waals surface area contributed by atoms with E-state index in [0.717, 1.165) is 18.4 Å². The molecule has 2 fully saturated rings. The Balaban J connectivity index is 0.00000256. The molecule has 1 aliphatic heterocycles. The Morgan fingerprint density at radius 3 is 2.17 bits per heavy atom. The van der Waals surface area contributed by atoms with E-state index < -0.39 is 0 Å². The molecule has 2 N–H and O–H groups in total. The molecule has 162 valence electrons. The first kappa shape index (κ1) is 23.3. The molecule has 1 heterocycles. The Morgan fingerprint density at radius 2 is 1.60 bits per heavy atom. The summed E-state index contributed by atoms with van der Waals surface area (Å²) in [6, 6.07) is 5.47. The first-order valence-corrected chi connectivity index (χ1v) is 10.7. The molecule has 4 atom stereocenters. The number of allylic oxidation sites excluding steroid dienone is 2. The highest BCUT2D eigenvalue weighted by atomic mass is 127. The van der Waals surface area contributed by atoms with E-state index in [-0.39, 0.29) is 59.5 Å². The fourth-order valence-electron chi connectivity index (χ4n) is 4.77. The van der Waals surface area contributed by atoms with Crippen LogP contribution >= 0.6 is 47.2 Å². The second-order valence-corrected chi connectivity index (χ2v) is 8.65. The van der Waals surface area contributed by atoms with Crippen molar-refractivity contribution in [3.8, 4) is 0 Å². The number of carbonyl (C=O) groups excluding carboxylic acids is 2. The minimum atomic E-state index is -0.139. The highest BCUT2D eigenvalue weighted by Crippen LogP contribution is 2.52. The zero-order valence-electron chi connectivity index (χ0n) is 16.6. The summed E-state index contributed by atoms with van der Waals surface area (Å²) in [5, 5.41) is 7.63. The van der Waals surface area contributed by atoms with Gasteiger partial charge in [0.1, 0.15) is 0 Å². The molecule has 2 bridgehead atoms. The maximum atomic E-state index is 12.7. The maximum Gasteiger partial charge on any atom is 0.233 e. The fraction of sp³-hybridized carbons (Fsp3) is 0.476. The van der Waals surface area contributed by atoms with E-state index in [1.165, 1.54) is 4.90 Å². The summed E-state index contributed by atoms with van der Waals surface area (Å²) in [5.74, 6) is 0.805. The predicted molar refractivity (Wildman–Crippen MR) is 129 cm³/mol. The van der Waals surface area contributed by atoms with Crippen LogP contribution in [0.15, 0.2) is 35.3 Å². The Bertz CT molecular complexity index is 842. The maximum absolute atomic E-state index is 12.7. The van der Waals surface area contributed by atoms with Crippen molar-refractivity contribution in [2.24, 2.45) is 28.7 Å². The van der Waals surface area contributed by atoms with E-state index in [9.17, 15) is 9.59 Å². The lowest BCUT2D eigenvalue weighted by atomic mass is 9.85. The van der Waals surface area contributed by atoms with Gasteiger partial charge in [0.05, 0.1) is 11.8 Å². The van der Waals surface area contributed by atoms with E-state index in [1.807, 2.05) is 12.1 Å². The first-order valence-electron chi connectivity index (χ1n) is 9.91. The van der Waals surface area contributed by atoms with Gasteiger partial charge in [-0.3, -0.25) is 19.5 Å². The van der Waals surface area contributed by atoms with E-state index in [0.29, 0.717) is 35.6 Å². The predicted octanol–water partition coefficient (Wildman–Crippen LogP) is 3.13. The van der Waals surface area contributed by atoms with Crippen LogP contribution in [0.2, 0.25) is 10.0 Å². The number of hydrogen-bond acceptors (Lipinski definition) is 3. The molecule has 0 aromatic heterocycles. The largest absolute Gasteiger partial charge is 0.356 e.